The van der Waals surface area contributed by atoms with Crippen LogP contribution in [0.1, 0.15) is 58.4 Å². The van der Waals surface area contributed by atoms with E-state index in [1.807, 2.05) is 6.92 Å². The zero-order valence-corrected chi connectivity index (χ0v) is 21.9. The van der Waals surface area contributed by atoms with Gasteiger partial charge in [-0.05, 0) is 44.9 Å². The number of hydrogen-bond donors (Lipinski definition) is 2. The van der Waals surface area contributed by atoms with Gasteiger partial charge < -0.3 is 19.8 Å². The molecule has 0 radical (unpaired) electrons. The molecule has 1 aliphatic heterocycles. The molecule has 0 unspecified atom stereocenters. The molecule has 35 heavy (non-hydrogen) atoms. The number of carbonyl (C=O) groups is 1. The largest absolute Gasteiger partial charge is 0.487 e. The number of rotatable bonds is 5. The molecule has 0 bridgehead atoms. The minimum atomic E-state index is -3.95. The first-order valence-corrected chi connectivity index (χ1v) is 13.9. The number of sulfonamides is 1. The molecular formula is C26H38N2O6S. The Labute approximate surface area is 209 Å². The smallest absolute Gasteiger partial charge is 0.247 e. The highest BCUT2D eigenvalue weighted by Crippen LogP contribution is 2.34. The van der Waals surface area contributed by atoms with Gasteiger partial charge >= 0.3 is 0 Å². The van der Waals surface area contributed by atoms with Crippen LogP contribution in [0, 0.1) is 23.7 Å². The van der Waals surface area contributed by atoms with Crippen molar-refractivity contribution in [3.05, 3.63) is 23.8 Å². The Hall–Kier alpha value is -2.12. The molecule has 3 rings (SSSR count). The second-order valence-electron chi connectivity index (χ2n) is 9.90. The maximum absolute atomic E-state index is 13.5. The van der Waals surface area contributed by atoms with E-state index in [0.29, 0.717) is 12.1 Å². The van der Waals surface area contributed by atoms with Crippen LogP contribution in [0.15, 0.2) is 23.1 Å². The summed E-state index contributed by atoms with van der Waals surface area (Å²) in [5.74, 6) is 5.54. The minimum Gasteiger partial charge on any atom is -0.487 e. The van der Waals surface area contributed by atoms with Crippen LogP contribution in [0.25, 0.3) is 0 Å². The highest BCUT2D eigenvalue weighted by molar-refractivity contribution is 7.89. The summed E-state index contributed by atoms with van der Waals surface area (Å²) >= 11 is 0. The molecule has 0 aromatic heterocycles. The number of likely N-dealkylation sites (N-methyl/N-ethyl adjacent to an activating group) is 1. The standard InChI is InChI=1S/C26H38N2O6S/c1-18-15-28(19(2)17-29)35(32,33)25-13-12-21(11-10-20(3)30)14-23(25)34-24(18)16-27(4)26(31)22-8-6-5-7-9-22/h12-14,18-20,22,24,29-30H,5-9,15-17H2,1-4H3/t18-,19+,20-,24-/m1/s1. The lowest BCUT2D eigenvalue weighted by atomic mass is 9.88. The predicted octanol–water partition coefficient (Wildman–Crippen LogP) is 2.23. The predicted molar refractivity (Wildman–Crippen MR) is 133 cm³/mol. The van der Waals surface area contributed by atoms with Gasteiger partial charge in [0, 0.05) is 37.0 Å². The monoisotopic (exact) mass is 506 g/mol. The van der Waals surface area contributed by atoms with Gasteiger partial charge in [-0.25, -0.2) is 8.42 Å². The van der Waals surface area contributed by atoms with Crippen molar-refractivity contribution in [2.75, 3.05) is 26.7 Å². The Kier molecular flexibility index (Phi) is 9.22. The van der Waals surface area contributed by atoms with Crippen LogP contribution in [0.3, 0.4) is 0 Å². The lowest BCUT2D eigenvalue weighted by Gasteiger charge is -2.38. The highest BCUT2D eigenvalue weighted by atomic mass is 32.2. The zero-order valence-electron chi connectivity index (χ0n) is 21.1. The molecule has 0 spiro atoms. The molecule has 1 aliphatic carbocycles. The zero-order chi connectivity index (χ0) is 25.8. The van der Waals surface area contributed by atoms with Crippen molar-refractivity contribution in [3.8, 4) is 17.6 Å². The fraction of sp³-hybridized carbons (Fsp3) is 0.654. The number of ether oxygens (including phenoxy) is 1. The number of benzene rings is 1. The van der Waals surface area contributed by atoms with Gasteiger partial charge in [-0.1, -0.05) is 38.0 Å². The third-order valence-corrected chi connectivity index (χ3v) is 8.90. The van der Waals surface area contributed by atoms with E-state index in [1.165, 1.54) is 16.8 Å². The Balaban J connectivity index is 1.97. The van der Waals surface area contributed by atoms with Crippen molar-refractivity contribution >= 4 is 15.9 Å². The molecule has 0 saturated heterocycles. The fourth-order valence-corrected chi connectivity index (χ4v) is 6.56. The number of aliphatic hydroxyl groups excluding tert-OH is 2. The van der Waals surface area contributed by atoms with Gasteiger partial charge in [0.15, 0.2) is 0 Å². The molecular weight excluding hydrogens is 468 g/mol. The summed E-state index contributed by atoms with van der Waals surface area (Å²) in [6.07, 6.45) is 3.81. The van der Waals surface area contributed by atoms with E-state index < -0.39 is 28.3 Å². The maximum Gasteiger partial charge on any atom is 0.247 e. The van der Waals surface area contributed by atoms with E-state index in [2.05, 4.69) is 11.8 Å². The second kappa shape index (κ2) is 11.7. The average Bonchev–Trinajstić information content (AvgIpc) is 2.84. The molecule has 194 valence electrons. The average molecular weight is 507 g/mol. The summed E-state index contributed by atoms with van der Waals surface area (Å²) in [6.45, 7) is 5.28. The Morgan fingerprint density at radius 3 is 2.57 bits per heavy atom. The first-order valence-electron chi connectivity index (χ1n) is 12.4. The molecule has 4 atom stereocenters. The van der Waals surface area contributed by atoms with Crippen molar-refractivity contribution in [1.29, 1.82) is 0 Å². The number of fused-ring (bicyclic) bond motifs is 1. The van der Waals surface area contributed by atoms with Gasteiger partial charge in [0.25, 0.3) is 0 Å². The van der Waals surface area contributed by atoms with Gasteiger partial charge in [0.1, 0.15) is 22.9 Å². The molecule has 9 heteroatoms. The first-order chi connectivity index (χ1) is 16.5. The number of hydrogen-bond acceptors (Lipinski definition) is 6. The first kappa shape index (κ1) is 27.5. The summed E-state index contributed by atoms with van der Waals surface area (Å²) in [5.41, 5.74) is 0.514. The number of nitrogens with zero attached hydrogens (tertiary/aromatic N) is 2. The summed E-state index contributed by atoms with van der Waals surface area (Å²) in [6, 6.07) is 3.98. The minimum absolute atomic E-state index is 0.00134. The topological polar surface area (TPSA) is 107 Å². The molecule has 1 amide bonds. The van der Waals surface area contributed by atoms with Crippen LogP contribution in [-0.4, -0.2) is 78.7 Å². The van der Waals surface area contributed by atoms with Crippen LogP contribution in [-0.2, 0) is 14.8 Å². The molecule has 1 heterocycles. The van der Waals surface area contributed by atoms with Gasteiger partial charge in [-0.3, -0.25) is 4.79 Å². The summed E-state index contributed by atoms with van der Waals surface area (Å²) in [7, 11) is -2.17. The van der Waals surface area contributed by atoms with Crippen LogP contribution in [0.2, 0.25) is 0 Å². The SMILES string of the molecule is C[C@@H]1CN([C@@H](C)CO)S(=O)(=O)c2ccc(C#C[C@@H](C)O)cc2O[C@@H]1CN(C)C(=O)C1CCCCC1. The molecule has 1 aromatic rings. The van der Waals surface area contributed by atoms with E-state index >= 15 is 0 Å². The molecule has 2 aliphatic rings. The van der Waals surface area contributed by atoms with Crippen molar-refractivity contribution in [2.24, 2.45) is 11.8 Å². The van der Waals surface area contributed by atoms with Gasteiger partial charge in [-0.15, -0.1) is 0 Å². The van der Waals surface area contributed by atoms with Gasteiger partial charge in [0.2, 0.25) is 15.9 Å². The van der Waals surface area contributed by atoms with Crippen LogP contribution >= 0.6 is 0 Å². The fourth-order valence-electron chi connectivity index (χ4n) is 4.73. The van der Waals surface area contributed by atoms with E-state index in [4.69, 9.17) is 4.74 Å². The van der Waals surface area contributed by atoms with E-state index in [0.717, 1.165) is 25.7 Å². The van der Waals surface area contributed by atoms with Crippen molar-refractivity contribution in [2.45, 2.75) is 76.0 Å². The number of carbonyl (C=O) groups excluding carboxylic acids is 1. The van der Waals surface area contributed by atoms with Gasteiger partial charge in [0.05, 0.1) is 13.2 Å². The molecule has 8 nitrogen and oxygen atoms in total. The lowest BCUT2D eigenvalue weighted by molar-refractivity contribution is -0.136. The number of aliphatic hydroxyl groups is 2. The van der Waals surface area contributed by atoms with Gasteiger partial charge in [-0.2, -0.15) is 4.31 Å². The number of amides is 1. The quantitative estimate of drug-likeness (QED) is 0.593. The third kappa shape index (κ3) is 6.56. The normalized spacial score (nSPS) is 24.5. The van der Waals surface area contributed by atoms with Crippen LogP contribution in [0.4, 0.5) is 0 Å². The third-order valence-electron chi connectivity index (χ3n) is 6.88. The molecule has 1 saturated carbocycles. The van der Waals surface area contributed by atoms with Crippen LogP contribution < -0.4 is 4.74 Å². The van der Waals surface area contributed by atoms with Crippen molar-refractivity contribution in [3.63, 3.8) is 0 Å². The Morgan fingerprint density at radius 1 is 1.26 bits per heavy atom. The summed E-state index contributed by atoms with van der Waals surface area (Å²) < 4.78 is 34.7. The Bertz CT molecular complexity index is 1060. The van der Waals surface area contributed by atoms with Crippen molar-refractivity contribution < 1.29 is 28.2 Å². The Morgan fingerprint density at radius 2 is 1.94 bits per heavy atom. The van der Waals surface area contributed by atoms with E-state index in [9.17, 15) is 23.4 Å². The van der Waals surface area contributed by atoms with E-state index in [-0.39, 0.29) is 41.5 Å². The lowest BCUT2D eigenvalue weighted by Crippen LogP contribution is -2.50. The molecule has 2 N–H and O–H groups in total. The van der Waals surface area contributed by atoms with Crippen LogP contribution in [0.5, 0.6) is 5.75 Å². The molecule has 1 fully saturated rings. The van der Waals surface area contributed by atoms with E-state index in [1.54, 1.807) is 37.9 Å². The second-order valence-corrected chi connectivity index (χ2v) is 11.8. The summed E-state index contributed by atoms with van der Waals surface area (Å²) in [5, 5.41) is 19.3. The van der Waals surface area contributed by atoms with Crippen molar-refractivity contribution in [1.82, 2.24) is 9.21 Å². The molecule has 1 aromatic carbocycles. The highest BCUT2D eigenvalue weighted by Gasteiger charge is 2.38. The maximum atomic E-state index is 13.5. The summed E-state index contributed by atoms with van der Waals surface area (Å²) in [4.78, 5) is 14.8.